The number of hydrogen-bond acceptors (Lipinski definition) is 2. The maximum absolute atomic E-state index is 11.7. The van der Waals surface area contributed by atoms with Crippen LogP contribution in [0.3, 0.4) is 0 Å². The van der Waals surface area contributed by atoms with E-state index in [2.05, 4.69) is 5.32 Å². The molecule has 3 amide bonds. The molecule has 5 nitrogen and oxygen atoms in total. The largest absolute Gasteiger partial charge is 0.368 e. The summed E-state index contributed by atoms with van der Waals surface area (Å²) in [5, 5.41) is 2.67. The number of hydrogen-bond donors (Lipinski definition) is 2. The zero-order valence-corrected chi connectivity index (χ0v) is 9.32. The normalized spacial score (nSPS) is 17.9. The summed E-state index contributed by atoms with van der Waals surface area (Å²) in [6.07, 6.45) is 2.08. The van der Waals surface area contributed by atoms with E-state index in [0.717, 1.165) is 25.9 Å². The maximum Gasteiger partial charge on any atom is 0.318 e. The van der Waals surface area contributed by atoms with Crippen LogP contribution in [0.4, 0.5) is 4.79 Å². The quantitative estimate of drug-likeness (QED) is 0.707. The molecule has 1 heterocycles. The van der Waals surface area contributed by atoms with E-state index >= 15 is 0 Å². The van der Waals surface area contributed by atoms with Gasteiger partial charge in [-0.2, -0.15) is 0 Å². The first-order valence-electron chi connectivity index (χ1n) is 5.37. The number of amides is 3. The molecule has 1 fully saturated rings. The molecule has 0 bridgehead atoms. The van der Waals surface area contributed by atoms with Crippen LogP contribution in [-0.2, 0) is 4.79 Å². The SMILES string of the molecule is CC(C)C(NC(=O)N1CCCC1)C(N)=O. The van der Waals surface area contributed by atoms with Crippen LogP contribution in [0.15, 0.2) is 0 Å². The molecular formula is C10H19N3O2. The van der Waals surface area contributed by atoms with Crippen LogP contribution in [0.25, 0.3) is 0 Å². The Hall–Kier alpha value is -1.26. The first-order valence-corrected chi connectivity index (χ1v) is 5.37. The van der Waals surface area contributed by atoms with E-state index in [1.54, 1.807) is 4.90 Å². The average molecular weight is 213 g/mol. The predicted octanol–water partition coefficient (Wildman–Crippen LogP) is 0.302. The van der Waals surface area contributed by atoms with Gasteiger partial charge in [-0.3, -0.25) is 4.79 Å². The van der Waals surface area contributed by atoms with Crippen molar-refractivity contribution >= 4 is 11.9 Å². The van der Waals surface area contributed by atoms with E-state index in [1.165, 1.54) is 0 Å². The summed E-state index contributed by atoms with van der Waals surface area (Å²) >= 11 is 0. The van der Waals surface area contributed by atoms with Crippen LogP contribution in [0, 0.1) is 5.92 Å². The summed E-state index contributed by atoms with van der Waals surface area (Å²) in [7, 11) is 0. The number of urea groups is 1. The highest BCUT2D eigenvalue weighted by molar-refractivity contribution is 5.86. The van der Waals surface area contributed by atoms with Gasteiger partial charge < -0.3 is 16.0 Å². The standard InChI is InChI=1S/C10H19N3O2/c1-7(2)8(9(11)14)12-10(15)13-5-3-4-6-13/h7-8H,3-6H2,1-2H3,(H2,11,14)(H,12,15). The molecule has 0 saturated carbocycles. The fraction of sp³-hybridized carbons (Fsp3) is 0.800. The Balaban J connectivity index is 2.50. The zero-order chi connectivity index (χ0) is 11.4. The third-order valence-corrected chi connectivity index (χ3v) is 2.65. The van der Waals surface area contributed by atoms with Crippen LogP contribution in [0.2, 0.25) is 0 Å². The van der Waals surface area contributed by atoms with Crippen molar-refractivity contribution in [3.63, 3.8) is 0 Å². The smallest absolute Gasteiger partial charge is 0.318 e. The monoisotopic (exact) mass is 213 g/mol. The van der Waals surface area contributed by atoms with Crippen molar-refractivity contribution in [3.05, 3.63) is 0 Å². The Bertz CT molecular complexity index is 247. The Kier molecular flexibility index (Phi) is 3.94. The van der Waals surface area contributed by atoms with Crippen molar-refractivity contribution in [1.29, 1.82) is 0 Å². The third-order valence-electron chi connectivity index (χ3n) is 2.65. The van der Waals surface area contributed by atoms with Crippen LogP contribution in [0.5, 0.6) is 0 Å². The summed E-state index contributed by atoms with van der Waals surface area (Å²) in [6.45, 7) is 5.27. The second-order valence-corrected chi connectivity index (χ2v) is 4.27. The zero-order valence-electron chi connectivity index (χ0n) is 9.32. The van der Waals surface area contributed by atoms with Gasteiger partial charge in [0.25, 0.3) is 0 Å². The lowest BCUT2D eigenvalue weighted by Crippen LogP contribution is -2.51. The van der Waals surface area contributed by atoms with Gasteiger partial charge in [-0.15, -0.1) is 0 Å². The molecule has 5 heteroatoms. The highest BCUT2D eigenvalue weighted by Gasteiger charge is 2.25. The molecule has 0 aliphatic carbocycles. The number of primary amides is 1. The van der Waals surface area contributed by atoms with Crippen molar-refractivity contribution in [1.82, 2.24) is 10.2 Å². The van der Waals surface area contributed by atoms with E-state index < -0.39 is 11.9 Å². The molecule has 0 radical (unpaired) electrons. The Labute approximate surface area is 90.0 Å². The van der Waals surface area contributed by atoms with Gasteiger partial charge >= 0.3 is 6.03 Å². The summed E-state index contributed by atoms with van der Waals surface area (Å²) < 4.78 is 0. The lowest BCUT2D eigenvalue weighted by molar-refractivity contribution is -0.120. The molecule has 1 aliphatic heterocycles. The van der Waals surface area contributed by atoms with Crippen molar-refractivity contribution in [2.24, 2.45) is 11.7 Å². The summed E-state index contributed by atoms with van der Waals surface area (Å²) in [5.41, 5.74) is 5.21. The number of nitrogens with zero attached hydrogens (tertiary/aromatic N) is 1. The summed E-state index contributed by atoms with van der Waals surface area (Å²) in [4.78, 5) is 24.5. The number of carbonyl (C=O) groups is 2. The lowest BCUT2D eigenvalue weighted by Gasteiger charge is -2.23. The molecule has 1 rings (SSSR count). The highest BCUT2D eigenvalue weighted by atomic mass is 16.2. The van der Waals surface area contributed by atoms with E-state index in [9.17, 15) is 9.59 Å². The van der Waals surface area contributed by atoms with Gasteiger partial charge in [0.05, 0.1) is 0 Å². The van der Waals surface area contributed by atoms with Gasteiger partial charge in [-0.1, -0.05) is 13.8 Å². The number of likely N-dealkylation sites (tertiary alicyclic amines) is 1. The number of nitrogens with two attached hydrogens (primary N) is 1. The van der Waals surface area contributed by atoms with Crippen LogP contribution >= 0.6 is 0 Å². The summed E-state index contributed by atoms with van der Waals surface area (Å²) in [6, 6.07) is -0.747. The molecule has 15 heavy (non-hydrogen) atoms. The first-order chi connectivity index (χ1) is 7.02. The highest BCUT2D eigenvalue weighted by Crippen LogP contribution is 2.08. The molecule has 1 aliphatic rings. The number of nitrogens with one attached hydrogen (secondary N) is 1. The third kappa shape index (κ3) is 3.11. The van der Waals surface area contributed by atoms with E-state index in [1.807, 2.05) is 13.8 Å². The minimum Gasteiger partial charge on any atom is -0.368 e. The fourth-order valence-electron chi connectivity index (χ4n) is 1.71. The minimum atomic E-state index is -0.571. The molecular weight excluding hydrogens is 194 g/mol. The van der Waals surface area contributed by atoms with Gasteiger partial charge in [0.2, 0.25) is 5.91 Å². The number of carbonyl (C=O) groups excluding carboxylic acids is 2. The number of rotatable bonds is 3. The second-order valence-electron chi connectivity index (χ2n) is 4.27. The van der Waals surface area contributed by atoms with Gasteiger partial charge in [-0.05, 0) is 18.8 Å². The van der Waals surface area contributed by atoms with Crippen LogP contribution < -0.4 is 11.1 Å². The van der Waals surface area contributed by atoms with Gasteiger partial charge in [0.15, 0.2) is 0 Å². The van der Waals surface area contributed by atoms with Gasteiger partial charge in [0.1, 0.15) is 6.04 Å². The fourth-order valence-corrected chi connectivity index (χ4v) is 1.71. The Morgan fingerprint density at radius 3 is 2.20 bits per heavy atom. The summed E-state index contributed by atoms with van der Waals surface area (Å²) in [5.74, 6) is -0.452. The van der Waals surface area contributed by atoms with E-state index in [0.29, 0.717) is 0 Å². The molecule has 0 aromatic carbocycles. The van der Waals surface area contributed by atoms with Gasteiger partial charge in [-0.25, -0.2) is 4.79 Å². The lowest BCUT2D eigenvalue weighted by atomic mass is 10.0. The van der Waals surface area contributed by atoms with Gasteiger partial charge in [0, 0.05) is 13.1 Å². The molecule has 0 aromatic heterocycles. The maximum atomic E-state index is 11.7. The average Bonchev–Trinajstić information content (AvgIpc) is 2.65. The molecule has 1 unspecified atom stereocenters. The second kappa shape index (κ2) is 5.00. The molecule has 1 atom stereocenters. The van der Waals surface area contributed by atoms with E-state index in [4.69, 9.17) is 5.73 Å². The predicted molar refractivity (Wildman–Crippen MR) is 57.2 cm³/mol. The Morgan fingerprint density at radius 1 is 1.27 bits per heavy atom. The van der Waals surface area contributed by atoms with Crippen molar-refractivity contribution < 1.29 is 9.59 Å². The van der Waals surface area contributed by atoms with Crippen LogP contribution in [0.1, 0.15) is 26.7 Å². The molecule has 0 aromatic rings. The van der Waals surface area contributed by atoms with E-state index in [-0.39, 0.29) is 11.9 Å². The van der Waals surface area contributed by atoms with Crippen molar-refractivity contribution in [2.45, 2.75) is 32.7 Å². The van der Waals surface area contributed by atoms with Crippen LogP contribution in [-0.4, -0.2) is 36.0 Å². The molecule has 0 spiro atoms. The molecule has 86 valence electrons. The first kappa shape index (κ1) is 11.8. The Morgan fingerprint density at radius 2 is 1.80 bits per heavy atom. The molecule has 3 N–H and O–H groups in total. The topological polar surface area (TPSA) is 75.4 Å². The molecule has 1 saturated heterocycles. The van der Waals surface area contributed by atoms with Crippen molar-refractivity contribution in [3.8, 4) is 0 Å². The minimum absolute atomic E-state index is 0.0223. The van der Waals surface area contributed by atoms with Crippen molar-refractivity contribution in [2.75, 3.05) is 13.1 Å².